The van der Waals surface area contributed by atoms with Crippen LogP contribution in [0.25, 0.3) is 11.3 Å². The second kappa shape index (κ2) is 5.55. The van der Waals surface area contributed by atoms with Gasteiger partial charge in [0, 0.05) is 17.7 Å². The number of aldehydes is 1. The maximum Gasteiger partial charge on any atom is 0.282 e. The third-order valence-corrected chi connectivity index (χ3v) is 3.98. The Balaban J connectivity index is 1.97. The largest absolute Gasteiger partial charge is 0.303 e. The van der Waals surface area contributed by atoms with Crippen molar-refractivity contribution in [2.45, 2.75) is 32.2 Å². The van der Waals surface area contributed by atoms with Gasteiger partial charge in [-0.2, -0.15) is 5.10 Å². The zero-order chi connectivity index (χ0) is 15.9. The number of nitrogens with zero attached hydrogens (tertiary/aromatic N) is 3. The van der Waals surface area contributed by atoms with E-state index in [1.54, 1.807) is 0 Å². The van der Waals surface area contributed by atoms with E-state index in [4.69, 9.17) is 0 Å². The van der Waals surface area contributed by atoms with E-state index in [9.17, 15) is 18.0 Å². The van der Waals surface area contributed by atoms with Crippen LogP contribution < -0.4 is 0 Å². The highest BCUT2D eigenvalue weighted by molar-refractivity contribution is 5.62. The first kappa shape index (κ1) is 14.7. The summed E-state index contributed by atoms with van der Waals surface area (Å²) in [6.45, 7) is 1.48. The molecule has 0 saturated heterocycles. The lowest BCUT2D eigenvalue weighted by atomic mass is 9.81. The average Bonchev–Trinajstić information content (AvgIpc) is 2.86. The van der Waals surface area contributed by atoms with Crippen LogP contribution in [-0.4, -0.2) is 21.1 Å². The molecule has 0 N–H and O–H groups in total. The molecule has 7 heteroatoms. The van der Waals surface area contributed by atoms with E-state index in [2.05, 4.69) is 10.1 Å². The fourth-order valence-corrected chi connectivity index (χ4v) is 2.60. The van der Waals surface area contributed by atoms with Crippen molar-refractivity contribution in [3.8, 4) is 11.3 Å². The van der Waals surface area contributed by atoms with Gasteiger partial charge in [-0.3, -0.25) is 4.68 Å². The quantitative estimate of drug-likeness (QED) is 0.812. The van der Waals surface area contributed by atoms with Crippen LogP contribution in [0.15, 0.2) is 18.3 Å². The topological polar surface area (TPSA) is 47.8 Å². The van der Waals surface area contributed by atoms with Gasteiger partial charge in [0.15, 0.2) is 0 Å². The molecule has 1 fully saturated rings. The molecular formula is C15H14F3N3O. The summed E-state index contributed by atoms with van der Waals surface area (Å²) in [5.41, 5.74) is 0.252. The molecule has 22 heavy (non-hydrogen) atoms. The molecule has 0 amide bonds. The Bertz CT molecular complexity index is 708. The fraction of sp³-hybridized carbons (Fsp3) is 0.400. The van der Waals surface area contributed by atoms with Crippen LogP contribution in [0.5, 0.6) is 0 Å². The molecule has 0 atom stereocenters. The maximum atomic E-state index is 13.3. The molecule has 4 nitrogen and oxygen atoms in total. The number of aromatic nitrogens is 3. The lowest BCUT2D eigenvalue weighted by Crippen LogP contribution is -2.28. The predicted octanol–water partition coefficient (Wildman–Crippen LogP) is 3.48. The molecule has 2 heterocycles. The Hall–Kier alpha value is -2.18. The number of carbonyl (C=O) groups is 1. The van der Waals surface area contributed by atoms with Crippen molar-refractivity contribution in [1.29, 1.82) is 0 Å². The standard InChI is InChI=1S/C15H14F3N3O/c1-8-12(16)2-3-13(19-8)11-6-21(20-14(11)15(17)18)10-4-9(5-10)7-22/h2-3,6-7,9-10,15H,4-5H2,1H3. The van der Waals surface area contributed by atoms with E-state index in [1.165, 1.54) is 29.9 Å². The Morgan fingerprint density at radius 1 is 1.36 bits per heavy atom. The molecular weight excluding hydrogens is 295 g/mol. The Kier molecular flexibility index (Phi) is 3.72. The van der Waals surface area contributed by atoms with Crippen LogP contribution >= 0.6 is 0 Å². The van der Waals surface area contributed by atoms with Crippen molar-refractivity contribution in [1.82, 2.24) is 14.8 Å². The molecule has 3 rings (SSSR count). The lowest BCUT2D eigenvalue weighted by Gasteiger charge is -2.31. The SMILES string of the molecule is Cc1nc(-c2cn(C3CC(C=O)C3)nc2C(F)F)ccc1F. The highest BCUT2D eigenvalue weighted by atomic mass is 19.3. The second-order valence-corrected chi connectivity index (χ2v) is 5.49. The summed E-state index contributed by atoms with van der Waals surface area (Å²) in [6.07, 6.45) is 0.837. The minimum Gasteiger partial charge on any atom is -0.303 e. The Morgan fingerprint density at radius 3 is 2.68 bits per heavy atom. The second-order valence-electron chi connectivity index (χ2n) is 5.49. The molecule has 0 aromatic carbocycles. The van der Waals surface area contributed by atoms with E-state index < -0.39 is 12.2 Å². The van der Waals surface area contributed by atoms with Crippen molar-refractivity contribution in [2.24, 2.45) is 5.92 Å². The first-order valence-corrected chi connectivity index (χ1v) is 6.95. The summed E-state index contributed by atoms with van der Waals surface area (Å²) in [4.78, 5) is 14.7. The third kappa shape index (κ3) is 2.51. The monoisotopic (exact) mass is 309 g/mol. The number of rotatable bonds is 4. The van der Waals surface area contributed by atoms with Gasteiger partial charge in [0.25, 0.3) is 6.43 Å². The molecule has 2 aromatic heterocycles. The molecule has 2 aromatic rings. The molecule has 1 aliphatic carbocycles. The van der Waals surface area contributed by atoms with Crippen molar-refractivity contribution in [3.05, 3.63) is 35.5 Å². The van der Waals surface area contributed by atoms with Crippen LogP contribution in [0.4, 0.5) is 13.2 Å². The first-order chi connectivity index (χ1) is 10.5. The highest BCUT2D eigenvalue weighted by Crippen LogP contribution is 2.38. The summed E-state index contributed by atoms with van der Waals surface area (Å²) in [5, 5.41) is 3.95. The zero-order valence-corrected chi connectivity index (χ0v) is 11.8. The van der Waals surface area contributed by atoms with Gasteiger partial charge in [0.05, 0.1) is 17.4 Å². The zero-order valence-electron chi connectivity index (χ0n) is 11.8. The van der Waals surface area contributed by atoms with Gasteiger partial charge in [0.1, 0.15) is 17.8 Å². The maximum absolute atomic E-state index is 13.3. The summed E-state index contributed by atoms with van der Waals surface area (Å²) in [6, 6.07) is 2.52. The molecule has 1 saturated carbocycles. The van der Waals surface area contributed by atoms with Gasteiger partial charge in [-0.25, -0.2) is 18.2 Å². The minimum atomic E-state index is -2.75. The number of hydrogen-bond donors (Lipinski definition) is 0. The lowest BCUT2D eigenvalue weighted by molar-refractivity contribution is -0.114. The van der Waals surface area contributed by atoms with Gasteiger partial charge in [-0.1, -0.05) is 0 Å². The molecule has 0 aliphatic heterocycles. The third-order valence-electron chi connectivity index (χ3n) is 3.98. The van der Waals surface area contributed by atoms with E-state index in [0.717, 1.165) is 6.29 Å². The van der Waals surface area contributed by atoms with Crippen molar-refractivity contribution in [2.75, 3.05) is 0 Å². The Labute approximate surface area is 125 Å². The molecule has 0 spiro atoms. The number of carbonyl (C=O) groups excluding carboxylic acids is 1. The van der Waals surface area contributed by atoms with Crippen LogP contribution in [0.2, 0.25) is 0 Å². The number of pyridine rings is 1. The van der Waals surface area contributed by atoms with Gasteiger partial charge in [0.2, 0.25) is 0 Å². The van der Waals surface area contributed by atoms with Crippen molar-refractivity contribution >= 4 is 6.29 Å². The first-order valence-electron chi connectivity index (χ1n) is 6.95. The van der Waals surface area contributed by atoms with E-state index in [1.807, 2.05) is 0 Å². The Morgan fingerprint density at radius 2 is 2.09 bits per heavy atom. The summed E-state index contributed by atoms with van der Waals surface area (Å²) in [7, 11) is 0. The number of aryl methyl sites for hydroxylation is 1. The molecule has 0 unspecified atom stereocenters. The average molecular weight is 309 g/mol. The molecule has 1 aliphatic rings. The van der Waals surface area contributed by atoms with E-state index in [0.29, 0.717) is 12.8 Å². The van der Waals surface area contributed by atoms with E-state index >= 15 is 0 Å². The summed E-state index contributed by atoms with van der Waals surface area (Å²) >= 11 is 0. The van der Waals surface area contributed by atoms with Crippen LogP contribution in [-0.2, 0) is 4.79 Å². The molecule has 0 bridgehead atoms. The predicted molar refractivity (Wildman–Crippen MR) is 72.9 cm³/mol. The summed E-state index contributed by atoms with van der Waals surface area (Å²) in [5.74, 6) is -0.513. The van der Waals surface area contributed by atoms with Crippen molar-refractivity contribution < 1.29 is 18.0 Å². The normalized spacial score (nSPS) is 21.0. The highest BCUT2D eigenvalue weighted by Gasteiger charge is 2.32. The van der Waals surface area contributed by atoms with Gasteiger partial charge in [-0.05, 0) is 31.9 Å². The summed E-state index contributed by atoms with van der Waals surface area (Å²) < 4.78 is 41.2. The van der Waals surface area contributed by atoms with Crippen LogP contribution in [0, 0.1) is 18.7 Å². The van der Waals surface area contributed by atoms with Crippen LogP contribution in [0.1, 0.15) is 36.7 Å². The van der Waals surface area contributed by atoms with E-state index in [-0.39, 0.29) is 34.6 Å². The number of alkyl halides is 2. The number of halogens is 3. The smallest absolute Gasteiger partial charge is 0.282 e. The van der Waals surface area contributed by atoms with Crippen LogP contribution in [0.3, 0.4) is 0 Å². The van der Waals surface area contributed by atoms with Gasteiger partial charge in [-0.15, -0.1) is 0 Å². The fourth-order valence-electron chi connectivity index (χ4n) is 2.60. The molecule has 116 valence electrons. The number of hydrogen-bond acceptors (Lipinski definition) is 3. The molecule has 0 radical (unpaired) electrons. The minimum absolute atomic E-state index is 0.0289. The van der Waals surface area contributed by atoms with Crippen molar-refractivity contribution in [3.63, 3.8) is 0 Å². The van der Waals surface area contributed by atoms with Gasteiger partial charge < -0.3 is 4.79 Å². The van der Waals surface area contributed by atoms with Gasteiger partial charge >= 0.3 is 0 Å².